The van der Waals surface area contributed by atoms with E-state index in [0.29, 0.717) is 0 Å². The van der Waals surface area contributed by atoms with E-state index in [0.717, 1.165) is 25.1 Å². The number of hydrogen-bond acceptors (Lipinski definition) is 26. The predicted octanol–water partition coefficient (Wildman–Crippen LogP) is -4.87. The Kier molecular flexibility index (Phi) is 16.1. The molecule has 0 aliphatic carbocycles. The molecule has 3 aromatic rings. The summed E-state index contributed by atoms with van der Waals surface area (Å²) in [6.45, 7) is 0.0683. The molecule has 0 bridgehead atoms. The Bertz CT molecular complexity index is 2260. The first kappa shape index (κ1) is 51.5. The highest BCUT2D eigenvalue weighted by Gasteiger charge is 2.55. The third kappa shape index (κ3) is 10.5. The summed E-state index contributed by atoms with van der Waals surface area (Å²) in [6.07, 6.45) is -36.7. The van der Waals surface area contributed by atoms with Gasteiger partial charge in [0.1, 0.15) is 120 Å². The summed E-state index contributed by atoms with van der Waals surface area (Å²) in [7, 11) is 1.33. The quantitative estimate of drug-likeness (QED) is 0.0674. The Morgan fingerprint density at radius 1 is 0.632 bits per heavy atom. The molecule has 0 spiro atoms. The molecule has 20 atom stereocenters. The smallest absolute Gasteiger partial charge is 0.302 e. The number of aliphatic hydroxyl groups excluding tert-OH is 11. The van der Waals surface area contributed by atoms with Crippen molar-refractivity contribution < 1.29 is 123 Å². The molecule has 4 fully saturated rings. The van der Waals surface area contributed by atoms with Crippen LogP contribution in [-0.4, -0.2) is 222 Å². The highest BCUT2D eigenvalue weighted by Crippen LogP contribution is 2.38. The van der Waals surface area contributed by atoms with Crippen molar-refractivity contribution in [3.05, 3.63) is 46.6 Å². The third-order valence-electron chi connectivity index (χ3n) is 11.9. The number of fused-ring (bicyclic) bond motifs is 1. The Morgan fingerprint density at radius 2 is 1.24 bits per heavy atom. The second kappa shape index (κ2) is 21.3. The number of aliphatic hydroxyl groups is 11. The number of hydrogen-bond donors (Lipinski definition) is 13. The molecule has 4 saturated heterocycles. The van der Waals surface area contributed by atoms with Crippen molar-refractivity contribution in [2.24, 2.45) is 0 Å². The Labute approximate surface area is 384 Å². The molecule has 5 heterocycles. The summed E-state index contributed by atoms with van der Waals surface area (Å²) in [6, 6.07) is 7.27. The molecule has 0 radical (unpaired) electrons. The zero-order valence-electron chi connectivity index (χ0n) is 36.3. The molecular weight excluding hydrogens is 920 g/mol. The van der Waals surface area contributed by atoms with Crippen LogP contribution in [0.25, 0.3) is 22.3 Å². The molecule has 378 valence electrons. The second-order valence-electron chi connectivity index (χ2n) is 16.6. The van der Waals surface area contributed by atoms with Crippen LogP contribution in [0.5, 0.6) is 23.0 Å². The van der Waals surface area contributed by atoms with Crippen molar-refractivity contribution in [2.75, 3.05) is 26.9 Å². The standard InChI is InChI=1S/C42H54O26/c1-13-27(48)30(51)34(55)40(61-13)67-37-25(12-60-39-33(54)31(52)28(49)23(10-43)64-39)66-42(38(36(37)57)68-41-35(56)32(53)29(50)24(65-41)11-59-14(2)44)62-16-7-18(46)26-19(47)9-21(63-22(26)8-16)15-4-5-20(58-3)17(45)6-15/h4-9,13,23-25,27-43,45-46,48-57H,10-12H2,1-3H3/t13-,23+,24+,25+,27-,28+,29+,30+,31-,32-,33+,34+,35+,36-,37+,38+,39+,40-,41-,42+/m0/s1. The summed E-state index contributed by atoms with van der Waals surface area (Å²) in [5.41, 5.74) is -0.810. The normalized spacial score (nSPS) is 38.8. The first-order chi connectivity index (χ1) is 32.2. The van der Waals surface area contributed by atoms with Gasteiger partial charge in [0.25, 0.3) is 0 Å². The number of carbonyl (C=O) groups is 1. The summed E-state index contributed by atoms with van der Waals surface area (Å²) in [5, 5.41) is 139. The van der Waals surface area contributed by atoms with E-state index in [2.05, 4.69) is 0 Å². The van der Waals surface area contributed by atoms with Gasteiger partial charge in [-0.25, -0.2) is 0 Å². The maximum absolute atomic E-state index is 13.4. The van der Waals surface area contributed by atoms with Crippen LogP contribution in [0.15, 0.2) is 45.6 Å². The minimum Gasteiger partial charge on any atom is -0.507 e. The minimum absolute atomic E-state index is 0.0838. The van der Waals surface area contributed by atoms with Crippen molar-refractivity contribution in [1.29, 1.82) is 0 Å². The van der Waals surface area contributed by atoms with Crippen molar-refractivity contribution in [1.82, 2.24) is 0 Å². The molecule has 7 rings (SSSR count). The van der Waals surface area contributed by atoms with Crippen molar-refractivity contribution in [3.8, 4) is 34.3 Å². The zero-order valence-corrected chi connectivity index (χ0v) is 36.3. The van der Waals surface area contributed by atoms with Gasteiger partial charge >= 0.3 is 5.97 Å². The number of phenolic OH excluding ortho intramolecular Hbond substituents is 2. The van der Waals surface area contributed by atoms with E-state index < -0.39 is 160 Å². The SMILES string of the molecule is COc1ccc(-c2cc(=O)c3c(O)cc(O[C@@H]4O[C@H](CO[C@@H]5O[C@H](CO)[C@@H](O)[C@H](O)[C@H]5O)[C@@H](O[C@@H]5O[C@@H](C)[C@H](O)[C@@H](O)[C@H]5O)[C@H](O)[C@H]4O[C@@H]4O[C@H](COC(C)=O)[C@@H](O)[C@H](O)[C@H]4O)cc3o2)cc1O. The van der Waals surface area contributed by atoms with Gasteiger partial charge in [-0.3, -0.25) is 9.59 Å². The molecule has 0 amide bonds. The van der Waals surface area contributed by atoms with Crippen LogP contribution >= 0.6 is 0 Å². The lowest BCUT2D eigenvalue weighted by Crippen LogP contribution is -2.67. The number of methoxy groups -OCH3 is 1. The molecule has 26 nitrogen and oxygen atoms in total. The van der Waals surface area contributed by atoms with Gasteiger partial charge in [0, 0.05) is 30.7 Å². The summed E-state index contributed by atoms with van der Waals surface area (Å²) >= 11 is 0. The lowest BCUT2D eigenvalue weighted by molar-refractivity contribution is -0.382. The third-order valence-corrected chi connectivity index (χ3v) is 11.9. The number of carbonyl (C=O) groups excluding carboxylic acids is 1. The van der Waals surface area contributed by atoms with E-state index >= 15 is 0 Å². The van der Waals surface area contributed by atoms with E-state index in [4.69, 9.17) is 51.8 Å². The van der Waals surface area contributed by atoms with E-state index in [1.54, 1.807) is 0 Å². The topological polar surface area (TPSA) is 403 Å². The molecule has 1 aromatic heterocycles. The van der Waals surface area contributed by atoms with Crippen LogP contribution in [0.1, 0.15) is 13.8 Å². The fourth-order valence-electron chi connectivity index (χ4n) is 8.06. The Morgan fingerprint density at radius 3 is 1.88 bits per heavy atom. The van der Waals surface area contributed by atoms with Crippen molar-refractivity contribution in [2.45, 2.75) is 137 Å². The lowest BCUT2D eigenvalue weighted by atomic mass is 9.96. The van der Waals surface area contributed by atoms with Gasteiger partial charge in [-0.05, 0) is 25.1 Å². The minimum atomic E-state index is -2.15. The zero-order chi connectivity index (χ0) is 49.5. The summed E-state index contributed by atoms with van der Waals surface area (Å²) in [4.78, 5) is 25.0. The lowest BCUT2D eigenvalue weighted by Gasteiger charge is -2.49. The van der Waals surface area contributed by atoms with E-state index in [1.807, 2.05) is 0 Å². The Balaban J connectivity index is 1.27. The average Bonchev–Trinajstić information content (AvgIpc) is 3.30. The van der Waals surface area contributed by atoms with Gasteiger partial charge in [0.15, 0.2) is 41.9 Å². The van der Waals surface area contributed by atoms with Crippen molar-refractivity contribution >= 4 is 16.9 Å². The predicted molar refractivity (Wildman–Crippen MR) is 218 cm³/mol. The number of esters is 1. The Hall–Kier alpha value is -4.40. The summed E-state index contributed by atoms with van der Waals surface area (Å²) in [5.74, 6) is -2.12. The second-order valence-corrected chi connectivity index (χ2v) is 16.6. The maximum Gasteiger partial charge on any atom is 0.302 e. The van der Waals surface area contributed by atoms with E-state index in [9.17, 15) is 76.0 Å². The van der Waals surface area contributed by atoms with Crippen LogP contribution in [0.2, 0.25) is 0 Å². The highest BCUT2D eigenvalue weighted by molar-refractivity contribution is 5.86. The monoisotopic (exact) mass is 974 g/mol. The number of phenols is 2. The van der Waals surface area contributed by atoms with Gasteiger partial charge in [-0.1, -0.05) is 0 Å². The molecule has 0 saturated carbocycles. The fraction of sp³-hybridized carbons (Fsp3) is 0.619. The van der Waals surface area contributed by atoms with Crippen LogP contribution < -0.4 is 14.9 Å². The number of aromatic hydroxyl groups is 2. The number of rotatable bonds is 14. The number of ether oxygens (including phenoxy) is 10. The van der Waals surface area contributed by atoms with Crippen LogP contribution in [0.4, 0.5) is 0 Å². The van der Waals surface area contributed by atoms with E-state index in [1.165, 1.54) is 32.2 Å². The molecule has 26 heteroatoms. The first-order valence-corrected chi connectivity index (χ1v) is 21.2. The van der Waals surface area contributed by atoms with Gasteiger partial charge in [0.05, 0.1) is 26.4 Å². The largest absolute Gasteiger partial charge is 0.507 e. The van der Waals surface area contributed by atoms with Crippen LogP contribution in [-0.2, 0) is 42.7 Å². The van der Waals surface area contributed by atoms with Gasteiger partial charge < -0.3 is 118 Å². The van der Waals surface area contributed by atoms with Crippen LogP contribution in [0, 0.1) is 0 Å². The van der Waals surface area contributed by atoms with Gasteiger partial charge in [-0.15, -0.1) is 0 Å². The molecule has 68 heavy (non-hydrogen) atoms. The van der Waals surface area contributed by atoms with Gasteiger partial charge in [0.2, 0.25) is 6.29 Å². The van der Waals surface area contributed by atoms with E-state index in [-0.39, 0.29) is 39.5 Å². The maximum atomic E-state index is 13.4. The van der Waals surface area contributed by atoms with Gasteiger partial charge in [-0.2, -0.15) is 0 Å². The molecule has 13 N–H and O–H groups in total. The van der Waals surface area contributed by atoms with Crippen LogP contribution in [0.3, 0.4) is 0 Å². The molecular formula is C42H54O26. The highest BCUT2D eigenvalue weighted by atomic mass is 16.8. The summed E-state index contributed by atoms with van der Waals surface area (Å²) < 4.78 is 63.0. The average molecular weight is 975 g/mol. The molecule has 4 aliphatic rings. The fourth-order valence-corrected chi connectivity index (χ4v) is 8.06. The van der Waals surface area contributed by atoms with Crippen molar-refractivity contribution in [3.63, 3.8) is 0 Å². The molecule has 0 unspecified atom stereocenters. The molecule has 4 aliphatic heterocycles. The first-order valence-electron chi connectivity index (χ1n) is 21.2. The molecule has 2 aromatic carbocycles. The number of benzene rings is 2.